The lowest BCUT2D eigenvalue weighted by Crippen LogP contribution is -2.34. The summed E-state index contributed by atoms with van der Waals surface area (Å²) in [5, 5.41) is 3.33. The van der Waals surface area contributed by atoms with E-state index < -0.39 is 0 Å². The molecular formula is C15H23FN2O. The summed E-state index contributed by atoms with van der Waals surface area (Å²) in [5.41, 5.74) is 1.13. The van der Waals surface area contributed by atoms with E-state index in [-0.39, 0.29) is 5.82 Å². The van der Waals surface area contributed by atoms with Crippen LogP contribution in [0.15, 0.2) is 24.3 Å². The third kappa shape index (κ3) is 5.27. The Morgan fingerprint density at radius 1 is 1.26 bits per heavy atom. The van der Waals surface area contributed by atoms with Crippen molar-refractivity contribution in [3.05, 3.63) is 35.6 Å². The molecule has 4 heteroatoms. The van der Waals surface area contributed by atoms with Crippen molar-refractivity contribution in [3.63, 3.8) is 0 Å². The van der Waals surface area contributed by atoms with Gasteiger partial charge in [-0.2, -0.15) is 0 Å². The summed E-state index contributed by atoms with van der Waals surface area (Å²) in [6, 6.07) is 6.68. The standard InChI is InChI=1S/C15H23FN2O/c1-18(12-13-2-4-14(16)5-3-13)10-11-19-15-6-8-17-9-7-15/h2-5,15,17H,6-12H2,1H3. The molecular weight excluding hydrogens is 243 g/mol. The van der Waals surface area contributed by atoms with E-state index in [1.54, 1.807) is 0 Å². The number of hydrogen-bond acceptors (Lipinski definition) is 3. The highest BCUT2D eigenvalue weighted by atomic mass is 19.1. The third-order valence-electron chi connectivity index (χ3n) is 3.48. The molecule has 1 aliphatic heterocycles. The van der Waals surface area contributed by atoms with Crippen molar-refractivity contribution >= 4 is 0 Å². The summed E-state index contributed by atoms with van der Waals surface area (Å²) in [5.74, 6) is -0.180. The Balaban J connectivity index is 1.63. The first-order valence-electron chi connectivity index (χ1n) is 6.99. The van der Waals surface area contributed by atoms with Crippen molar-refractivity contribution in [2.75, 3.05) is 33.3 Å². The SMILES string of the molecule is CN(CCOC1CCNCC1)Cc1ccc(F)cc1. The number of ether oxygens (including phenoxy) is 1. The maximum Gasteiger partial charge on any atom is 0.123 e. The molecule has 0 atom stereocenters. The minimum absolute atomic E-state index is 0.180. The summed E-state index contributed by atoms with van der Waals surface area (Å²) in [7, 11) is 2.06. The Labute approximate surface area is 114 Å². The van der Waals surface area contributed by atoms with Crippen molar-refractivity contribution < 1.29 is 9.13 Å². The quantitative estimate of drug-likeness (QED) is 0.852. The zero-order chi connectivity index (χ0) is 13.5. The van der Waals surface area contributed by atoms with Gasteiger partial charge >= 0.3 is 0 Å². The second kappa shape index (κ2) is 7.58. The number of rotatable bonds is 6. The Morgan fingerprint density at radius 3 is 2.63 bits per heavy atom. The first-order valence-corrected chi connectivity index (χ1v) is 6.99. The van der Waals surface area contributed by atoms with Gasteiger partial charge in [0.2, 0.25) is 0 Å². The predicted molar refractivity (Wildman–Crippen MR) is 74.6 cm³/mol. The lowest BCUT2D eigenvalue weighted by atomic mass is 10.1. The lowest BCUT2D eigenvalue weighted by molar-refractivity contribution is 0.0224. The van der Waals surface area contributed by atoms with Gasteiger partial charge in [-0.05, 0) is 50.7 Å². The van der Waals surface area contributed by atoms with E-state index in [0.717, 1.165) is 51.2 Å². The highest BCUT2D eigenvalue weighted by Gasteiger charge is 2.13. The number of halogens is 1. The molecule has 3 nitrogen and oxygen atoms in total. The van der Waals surface area contributed by atoms with Gasteiger partial charge in [-0.3, -0.25) is 4.90 Å². The predicted octanol–water partition coefficient (Wildman–Crippen LogP) is 2.03. The first kappa shape index (κ1) is 14.4. The normalized spacial score (nSPS) is 17.0. The van der Waals surface area contributed by atoms with Crippen LogP contribution >= 0.6 is 0 Å². The summed E-state index contributed by atoms with van der Waals surface area (Å²) in [6.07, 6.45) is 2.64. The van der Waals surface area contributed by atoms with Crippen molar-refractivity contribution in [2.45, 2.75) is 25.5 Å². The van der Waals surface area contributed by atoms with Crippen LogP contribution in [-0.2, 0) is 11.3 Å². The molecule has 0 radical (unpaired) electrons. The Bertz CT molecular complexity index is 363. The molecule has 1 aliphatic rings. The Kier molecular flexibility index (Phi) is 5.76. The van der Waals surface area contributed by atoms with Crippen molar-refractivity contribution in [2.24, 2.45) is 0 Å². The van der Waals surface area contributed by atoms with Crippen LogP contribution in [0.3, 0.4) is 0 Å². The smallest absolute Gasteiger partial charge is 0.123 e. The fourth-order valence-electron chi connectivity index (χ4n) is 2.32. The van der Waals surface area contributed by atoms with E-state index in [1.165, 1.54) is 12.1 Å². The molecule has 1 heterocycles. The number of hydrogen-bond donors (Lipinski definition) is 1. The van der Waals surface area contributed by atoms with Crippen LogP contribution < -0.4 is 5.32 Å². The number of nitrogens with one attached hydrogen (secondary N) is 1. The lowest BCUT2D eigenvalue weighted by Gasteiger charge is -2.24. The molecule has 1 aromatic carbocycles. The van der Waals surface area contributed by atoms with Crippen LogP contribution in [0.1, 0.15) is 18.4 Å². The molecule has 1 aromatic rings. The zero-order valence-corrected chi connectivity index (χ0v) is 11.6. The van der Waals surface area contributed by atoms with E-state index in [9.17, 15) is 4.39 Å². The van der Waals surface area contributed by atoms with Gasteiger partial charge in [0.05, 0.1) is 12.7 Å². The highest BCUT2D eigenvalue weighted by molar-refractivity contribution is 5.15. The fourth-order valence-corrected chi connectivity index (χ4v) is 2.32. The molecule has 19 heavy (non-hydrogen) atoms. The minimum Gasteiger partial charge on any atom is -0.377 e. The molecule has 1 N–H and O–H groups in total. The van der Waals surface area contributed by atoms with Crippen LogP contribution in [0, 0.1) is 5.82 Å². The minimum atomic E-state index is -0.180. The topological polar surface area (TPSA) is 24.5 Å². The Morgan fingerprint density at radius 2 is 1.95 bits per heavy atom. The van der Waals surface area contributed by atoms with Gasteiger partial charge in [0.15, 0.2) is 0 Å². The highest BCUT2D eigenvalue weighted by Crippen LogP contribution is 2.08. The van der Waals surface area contributed by atoms with Crippen LogP contribution in [-0.4, -0.2) is 44.3 Å². The van der Waals surface area contributed by atoms with Gasteiger partial charge in [-0.15, -0.1) is 0 Å². The van der Waals surface area contributed by atoms with E-state index in [0.29, 0.717) is 6.10 Å². The van der Waals surface area contributed by atoms with Gasteiger partial charge < -0.3 is 10.1 Å². The molecule has 1 fully saturated rings. The van der Waals surface area contributed by atoms with Crippen LogP contribution in [0.4, 0.5) is 4.39 Å². The van der Waals surface area contributed by atoms with Gasteiger partial charge in [-0.25, -0.2) is 4.39 Å². The maximum atomic E-state index is 12.8. The van der Waals surface area contributed by atoms with Gasteiger partial charge in [0, 0.05) is 13.1 Å². The van der Waals surface area contributed by atoms with E-state index in [2.05, 4.69) is 17.3 Å². The first-order chi connectivity index (χ1) is 9.24. The van der Waals surface area contributed by atoms with Crippen molar-refractivity contribution in [3.8, 4) is 0 Å². The van der Waals surface area contributed by atoms with E-state index >= 15 is 0 Å². The molecule has 2 rings (SSSR count). The summed E-state index contributed by atoms with van der Waals surface area (Å²) in [6.45, 7) is 4.63. The number of piperidine rings is 1. The molecule has 0 bridgehead atoms. The fraction of sp³-hybridized carbons (Fsp3) is 0.600. The van der Waals surface area contributed by atoms with Gasteiger partial charge in [0.25, 0.3) is 0 Å². The summed E-state index contributed by atoms with van der Waals surface area (Å²) in [4.78, 5) is 2.20. The molecule has 0 saturated carbocycles. The number of likely N-dealkylation sites (N-methyl/N-ethyl adjacent to an activating group) is 1. The van der Waals surface area contributed by atoms with E-state index in [1.807, 2.05) is 12.1 Å². The molecule has 0 aliphatic carbocycles. The molecule has 106 valence electrons. The third-order valence-corrected chi connectivity index (χ3v) is 3.48. The second-order valence-corrected chi connectivity index (χ2v) is 5.18. The largest absolute Gasteiger partial charge is 0.377 e. The van der Waals surface area contributed by atoms with Crippen molar-refractivity contribution in [1.82, 2.24) is 10.2 Å². The second-order valence-electron chi connectivity index (χ2n) is 5.18. The molecule has 0 aromatic heterocycles. The summed E-state index contributed by atoms with van der Waals surface area (Å²) < 4.78 is 18.7. The van der Waals surface area contributed by atoms with E-state index in [4.69, 9.17) is 4.74 Å². The van der Waals surface area contributed by atoms with Gasteiger partial charge in [-0.1, -0.05) is 12.1 Å². The monoisotopic (exact) mass is 266 g/mol. The zero-order valence-electron chi connectivity index (χ0n) is 11.6. The maximum absolute atomic E-state index is 12.8. The van der Waals surface area contributed by atoms with Crippen molar-refractivity contribution in [1.29, 1.82) is 0 Å². The number of benzene rings is 1. The number of nitrogens with zero attached hydrogens (tertiary/aromatic N) is 1. The van der Waals surface area contributed by atoms with Crippen LogP contribution in [0.2, 0.25) is 0 Å². The van der Waals surface area contributed by atoms with Crippen LogP contribution in [0.5, 0.6) is 0 Å². The molecule has 1 saturated heterocycles. The van der Waals surface area contributed by atoms with Gasteiger partial charge in [0.1, 0.15) is 5.82 Å². The molecule has 0 spiro atoms. The summed E-state index contributed by atoms with van der Waals surface area (Å²) >= 11 is 0. The average Bonchev–Trinajstić information content (AvgIpc) is 2.43. The van der Waals surface area contributed by atoms with Crippen LogP contribution in [0.25, 0.3) is 0 Å². The molecule has 0 amide bonds. The Hall–Kier alpha value is -0.970. The average molecular weight is 266 g/mol. The molecule has 0 unspecified atom stereocenters.